The first kappa shape index (κ1) is 8.02. The summed E-state index contributed by atoms with van der Waals surface area (Å²) >= 11 is 0. The third-order valence-electron chi connectivity index (χ3n) is 2.45. The number of nitrogens with two attached hydrogens (primary N) is 1. The molecule has 0 atom stereocenters. The Kier molecular flexibility index (Phi) is 3.16. The van der Waals surface area contributed by atoms with E-state index >= 15 is 0 Å². The van der Waals surface area contributed by atoms with E-state index in [1.54, 1.807) is 0 Å². The maximum atomic E-state index is 5.54. The Morgan fingerprint density at radius 3 is 2.50 bits per heavy atom. The lowest BCUT2D eigenvalue weighted by Gasteiger charge is -2.30. The average molecular weight is 142 g/mol. The molecule has 0 aromatic rings. The molecule has 1 aliphatic carbocycles. The van der Waals surface area contributed by atoms with E-state index in [2.05, 4.69) is 11.8 Å². The number of hydrogen-bond donors (Lipinski definition) is 1. The molecule has 10 heavy (non-hydrogen) atoms. The van der Waals surface area contributed by atoms with Crippen molar-refractivity contribution in [2.75, 3.05) is 19.8 Å². The van der Waals surface area contributed by atoms with Gasteiger partial charge in [0.15, 0.2) is 0 Å². The largest absolute Gasteiger partial charge is 0.318 e. The summed E-state index contributed by atoms with van der Waals surface area (Å²) in [6.45, 7) is 5.23. The van der Waals surface area contributed by atoms with Gasteiger partial charge in [0.25, 0.3) is 0 Å². The summed E-state index contributed by atoms with van der Waals surface area (Å²) in [6.07, 6.45) is 4.29. The van der Waals surface area contributed by atoms with Crippen LogP contribution in [0.3, 0.4) is 0 Å². The Labute approximate surface area is 63.4 Å². The van der Waals surface area contributed by atoms with Gasteiger partial charge in [0.05, 0.1) is 0 Å². The fraction of sp³-hybridized carbons (Fsp3) is 1.00. The maximum absolute atomic E-state index is 5.54. The van der Waals surface area contributed by atoms with Crippen LogP contribution in [0.2, 0.25) is 0 Å². The molecular weight excluding hydrogens is 124 g/mol. The molecule has 0 spiro atoms. The van der Waals surface area contributed by atoms with E-state index in [1.165, 1.54) is 25.8 Å². The predicted molar refractivity (Wildman–Crippen MR) is 43.6 cm³/mol. The summed E-state index contributed by atoms with van der Waals surface area (Å²) < 4.78 is 0. The van der Waals surface area contributed by atoms with E-state index in [0.717, 1.165) is 19.1 Å². The predicted octanol–water partition coefficient (Wildman–Crippen LogP) is 1.02. The summed E-state index contributed by atoms with van der Waals surface area (Å²) in [5, 5.41) is 0. The minimum Gasteiger partial charge on any atom is -0.318 e. The van der Waals surface area contributed by atoms with Crippen molar-refractivity contribution in [2.24, 2.45) is 11.7 Å². The van der Waals surface area contributed by atoms with E-state index < -0.39 is 0 Å². The highest BCUT2D eigenvalue weighted by molar-refractivity contribution is 4.72. The number of hydrogen-bond acceptors (Lipinski definition) is 2. The van der Waals surface area contributed by atoms with Gasteiger partial charge in [-0.3, -0.25) is 4.90 Å². The SMILES string of the molecule is CCN(CN)CC1CCC1. The van der Waals surface area contributed by atoms with Gasteiger partial charge in [0.2, 0.25) is 0 Å². The summed E-state index contributed by atoms with van der Waals surface area (Å²) in [4.78, 5) is 2.31. The molecule has 2 N–H and O–H groups in total. The molecule has 0 amide bonds. The van der Waals surface area contributed by atoms with E-state index in [4.69, 9.17) is 5.73 Å². The fourth-order valence-corrected chi connectivity index (χ4v) is 1.37. The minimum atomic E-state index is 0.729. The van der Waals surface area contributed by atoms with E-state index in [9.17, 15) is 0 Å². The quantitative estimate of drug-likeness (QED) is 0.594. The van der Waals surface area contributed by atoms with Crippen LogP contribution >= 0.6 is 0 Å². The molecule has 0 saturated heterocycles. The monoisotopic (exact) mass is 142 g/mol. The Morgan fingerprint density at radius 2 is 2.20 bits per heavy atom. The van der Waals surface area contributed by atoms with Gasteiger partial charge in [-0.05, 0) is 25.3 Å². The molecule has 0 bridgehead atoms. The van der Waals surface area contributed by atoms with Gasteiger partial charge >= 0.3 is 0 Å². The van der Waals surface area contributed by atoms with Crippen molar-refractivity contribution in [1.82, 2.24) is 4.90 Å². The van der Waals surface area contributed by atoms with Gasteiger partial charge in [0, 0.05) is 13.2 Å². The lowest BCUT2D eigenvalue weighted by Crippen LogP contribution is -2.36. The zero-order valence-corrected chi connectivity index (χ0v) is 6.84. The van der Waals surface area contributed by atoms with Crippen LogP contribution in [0.25, 0.3) is 0 Å². The van der Waals surface area contributed by atoms with E-state index in [0.29, 0.717) is 0 Å². The van der Waals surface area contributed by atoms with Crippen molar-refractivity contribution in [3.05, 3.63) is 0 Å². The van der Waals surface area contributed by atoms with Crippen LogP contribution in [0.4, 0.5) is 0 Å². The molecule has 0 unspecified atom stereocenters. The van der Waals surface area contributed by atoms with Crippen LogP contribution in [0.15, 0.2) is 0 Å². The zero-order valence-electron chi connectivity index (χ0n) is 6.84. The Hall–Kier alpha value is -0.0800. The molecule has 0 aromatic carbocycles. The standard InChI is InChI=1S/C8H18N2/c1-2-10(7-9)6-8-4-3-5-8/h8H,2-7,9H2,1H3. The van der Waals surface area contributed by atoms with Gasteiger partial charge in [-0.1, -0.05) is 13.3 Å². The summed E-state index contributed by atoms with van der Waals surface area (Å²) in [5.74, 6) is 0.962. The highest BCUT2D eigenvalue weighted by Gasteiger charge is 2.18. The highest BCUT2D eigenvalue weighted by atomic mass is 15.2. The van der Waals surface area contributed by atoms with Crippen LogP contribution in [0.1, 0.15) is 26.2 Å². The lowest BCUT2D eigenvalue weighted by atomic mass is 9.85. The van der Waals surface area contributed by atoms with Crippen LogP contribution < -0.4 is 5.73 Å². The lowest BCUT2D eigenvalue weighted by molar-refractivity contribution is 0.187. The first-order valence-electron chi connectivity index (χ1n) is 4.29. The molecule has 2 nitrogen and oxygen atoms in total. The van der Waals surface area contributed by atoms with Crippen molar-refractivity contribution in [3.8, 4) is 0 Å². The zero-order chi connectivity index (χ0) is 7.40. The molecule has 0 aliphatic heterocycles. The van der Waals surface area contributed by atoms with E-state index in [-0.39, 0.29) is 0 Å². The molecule has 60 valence electrons. The molecule has 1 aliphatic rings. The van der Waals surface area contributed by atoms with Crippen LogP contribution in [-0.2, 0) is 0 Å². The van der Waals surface area contributed by atoms with Gasteiger partial charge in [-0.2, -0.15) is 0 Å². The number of rotatable bonds is 4. The van der Waals surface area contributed by atoms with Gasteiger partial charge in [-0.25, -0.2) is 0 Å². The Bertz CT molecular complexity index is 85.3. The smallest absolute Gasteiger partial charge is 0.0455 e. The van der Waals surface area contributed by atoms with Crippen LogP contribution in [-0.4, -0.2) is 24.7 Å². The molecule has 0 heterocycles. The molecule has 0 aromatic heterocycles. The van der Waals surface area contributed by atoms with Crippen LogP contribution in [0.5, 0.6) is 0 Å². The molecule has 1 fully saturated rings. The molecule has 1 rings (SSSR count). The molecule has 2 heteroatoms. The second kappa shape index (κ2) is 3.94. The van der Waals surface area contributed by atoms with Crippen molar-refractivity contribution in [1.29, 1.82) is 0 Å². The topological polar surface area (TPSA) is 29.3 Å². The van der Waals surface area contributed by atoms with Crippen LogP contribution in [0, 0.1) is 5.92 Å². The first-order chi connectivity index (χ1) is 4.86. The summed E-state index contributed by atoms with van der Waals surface area (Å²) in [7, 11) is 0. The van der Waals surface area contributed by atoms with Crippen molar-refractivity contribution >= 4 is 0 Å². The molecular formula is C8H18N2. The van der Waals surface area contributed by atoms with E-state index in [1.807, 2.05) is 0 Å². The number of nitrogens with zero attached hydrogens (tertiary/aromatic N) is 1. The second-order valence-electron chi connectivity index (χ2n) is 3.15. The van der Waals surface area contributed by atoms with Crippen molar-refractivity contribution in [2.45, 2.75) is 26.2 Å². The van der Waals surface area contributed by atoms with Crippen molar-refractivity contribution in [3.63, 3.8) is 0 Å². The fourth-order valence-electron chi connectivity index (χ4n) is 1.37. The summed E-state index contributed by atoms with van der Waals surface area (Å²) in [5.41, 5.74) is 5.54. The summed E-state index contributed by atoms with van der Waals surface area (Å²) in [6, 6.07) is 0. The third-order valence-corrected chi connectivity index (χ3v) is 2.45. The van der Waals surface area contributed by atoms with Gasteiger partial charge < -0.3 is 5.73 Å². The maximum Gasteiger partial charge on any atom is 0.0455 e. The first-order valence-corrected chi connectivity index (χ1v) is 4.29. The van der Waals surface area contributed by atoms with Gasteiger partial charge in [0.1, 0.15) is 0 Å². The average Bonchev–Trinajstić information content (AvgIpc) is 1.87. The Balaban J connectivity index is 2.08. The molecule has 0 radical (unpaired) electrons. The molecule has 1 saturated carbocycles. The Morgan fingerprint density at radius 1 is 1.50 bits per heavy atom. The minimum absolute atomic E-state index is 0.729. The highest BCUT2D eigenvalue weighted by Crippen LogP contribution is 2.26. The van der Waals surface area contributed by atoms with Gasteiger partial charge in [-0.15, -0.1) is 0 Å². The second-order valence-corrected chi connectivity index (χ2v) is 3.15. The van der Waals surface area contributed by atoms with Crippen molar-refractivity contribution < 1.29 is 0 Å². The normalized spacial score (nSPS) is 19.5. The third kappa shape index (κ3) is 1.96.